The molecule has 0 atom stereocenters. The van der Waals surface area contributed by atoms with E-state index >= 15 is 0 Å². The molecule has 0 saturated heterocycles. The number of nitrogens with zero attached hydrogens (tertiary/aromatic N) is 2. The molecule has 0 N–H and O–H groups in total. The molecular formula is C20H16N2O4S. The van der Waals surface area contributed by atoms with Crippen molar-refractivity contribution >= 4 is 27.4 Å². The number of ether oxygens (including phenoxy) is 1. The van der Waals surface area contributed by atoms with Gasteiger partial charge in [-0.25, -0.2) is 4.99 Å². The predicted molar refractivity (Wildman–Crippen MR) is 104 cm³/mol. The first-order valence-corrected chi connectivity index (χ1v) is 9.46. The molecule has 0 aromatic heterocycles. The maximum atomic E-state index is 12.4. The number of allylic oxidation sites excluding steroid dienone is 3. The fourth-order valence-corrected chi connectivity index (χ4v) is 3.35. The third-order valence-corrected chi connectivity index (χ3v) is 4.99. The lowest BCUT2D eigenvalue weighted by atomic mass is 10.1. The van der Waals surface area contributed by atoms with Crippen LogP contribution in [0.1, 0.15) is 10.4 Å². The Balaban J connectivity index is 1.90. The molecule has 1 amide bonds. The van der Waals surface area contributed by atoms with E-state index in [9.17, 15) is 13.2 Å². The van der Waals surface area contributed by atoms with E-state index in [4.69, 9.17) is 4.74 Å². The molecule has 0 aliphatic heterocycles. The van der Waals surface area contributed by atoms with Crippen LogP contribution in [0.2, 0.25) is 0 Å². The molecule has 0 radical (unpaired) electrons. The molecule has 1 aliphatic carbocycles. The molecule has 136 valence electrons. The lowest BCUT2D eigenvalue weighted by Crippen LogP contribution is -2.13. The molecule has 0 saturated carbocycles. The highest BCUT2D eigenvalue weighted by Crippen LogP contribution is 2.15. The van der Waals surface area contributed by atoms with Crippen molar-refractivity contribution in [2.24, 2.45) is 9.39 Å². The maximum absolute atomic E-state index is 12.4. The second-order valence-electron chi connectivity index (χ2n) is 5.52. The number of carbonyl (C=O) groups is 1. The van der Waals surface area contributed by atoms with Crippen LogP contribution in [0.4, 0.5) is 0 Å². The lowest BCUT2D eigenvalue weighted by Gasteiger charge is -2.11. The van der Waals surface area contributed by atoms with E-state index in [1.165, 1.54) is 37.5 Å². The third kappa shape index (κ3) is 4.45. The van der Waals surface area contributed by atoms with Crippen molar-refractivity contribution < 1.29 is 17.9 Å². The summed E-state index contributed by atoms with van der Waals surface area (Å²) >= 11 is 0. The summed E-state index contributed by atoms with van der Waals surface area (Å²) in [5, 5.41) is 0. The van der Waals surface area contributed by atoms with Gasteiger partial charge in [-0.2, -0.15) is 12.8 Å². The number of hydrogen-bond acceptors (Lipinski definition) is 4. The first-order valence-electron chi connectivity index (χ1n) is 8.02. The van der Waals surface area contributed by atoms with Crippen molar-refractivity contribution in [2.45, 2.75) is 4.90 Å². The quantitative estimate of drug-likeness (QED) is 0.763. The van der Waals surface area contributed by atoms with Gasteiger partial charge in [0.05, 0.1) is 17.7 Å². The average molecular weight is 380 g/mol. The zero-order chi connectivity index (χ0) is 19.3. The van der Waals surface area contributed by atoms with E-state index in [0.717, 1.165) is 0 Å². The van der Waals surface area contributed by atoms with Crippen LogP contribution in [0.5, 0.6) is 0 Å². The second kappa shape index (κ2) is 7.92. The van der Waals surface area contributed by atoms with Gasteiger partial charge in [-0.05, 0) is 36.4 Å². The summed E-state index contributed by atoms with van der Waals surface area (Å²) in [5.74, 6) is -0.167. The maximum Gasteiger partial charge on any atom is 0.282 e. The predicted octanol–water partition coefficient (Wildman–Crippen LogP) is 3.20. The number of sulfonamides is 1. The molecule has 7 heteroatoms. The molecule has 2 aromatic carbocycles. The van der Waals surface area contributed by atoms with E-state index < -0.39 is 15.9 Å². The standard InChI is InChI=1S/C20H16N2O4S/c1-26-19-14-16(22-27(24,25)17-10-6-3-7-11-17)12-13-18(19)21-20(23)15-8-4-2-5-9-15/h2-14H,1H3/b21-18?,22-16-. The number of methoxy groups -OCH3 is 1. The normalized spacial score (nSPS) is 17.0. The third-order valence-electron chi connectivity index (χ3n) is 3.67. The van der Waals surface area contributed by atoms with Crippen molar-refractivity contribution in [2.75, 3.05) is 7.11 Å². The molecule has 6 nitrogen and oxygen atoms in total. The molecule has 2 aromatic rings. The molecule has 0 unspecified atom stereocenters. The lowest BCUT2D eigenvalue weighted by molar-refractivity contribution is 0.100. The van der Waals surface area contributed by atoms with Crippen LogP contribution in [0.25, 0.3) is 0 Å². The number of benzene rings is 2. The molecule has 0 heterocycles. The largest absolute Gasteiger partial charge is 0.494 e. The molecule has 3 rings (SSSR count). The molecule has 0 bridgehead atoms. The summed E-state index contributed by atoms with van der Waals surface area (Å²) in [6.07, 6.45) is 4.40. The van der Waals surface area contributed by atoms with Gasteiger partial charge in [0.2, 0.25) is 0 Å². The van der Waals surface area contributed by atoms with Crippen molar-refractivity contribution in [3.05, 3.63) is 90.2 Å². The Morgan fingerprint density at radius 2 is 1.56 bits per heavy atom. The number of carbonyl (C=O) groups excluding carboxylic acids is 1. The smallest absolute Gasteiger partial charge is 0.282 e. The van der Waals surface area contributed by atoms with E-state index in [2.05, 4.69) is 9.39 Å². The average Bonchev–Trinajstić information content (AvgIpc) is 2.70. The Labute approximate surface area is 157 Å². The van der Waals surface area contributed by atoms with Gasteiger partial charge in [-0.1, -0.05) is 36.4 Å². The Kier molecular flexibility index (Phi) is 5.42. The summed E-state index contributed by atoms with van der Waals surface area (Å²) in [6, 6.07) is 16.5. The van der Waals surface area contributed by atoms with Crippen molar-refractivity contribution in [1.82, 2.24) is 0 Å². The molecule has 0 fully saturated rings. The van der Waals surface area contributed by atoms with Crippen LogP contribution in [0.3, 0.4) is 0 Å². The molecular weight excluding hydrogens is 364 g/mol. The Bertz CT molecular complexity index is 1070. The van der Waals surface area contributed by atoms with Crippen LogP contribution in [-0.4, -0.2) is 32.9 Å². The van der Waals surface area contributed by atoms with Crippen LogP contribution in [0, 0.1) is 0 Å². The van der Waals surface area contributed by atoms with Gasteiger partial charge in [-0.15, -0.1) is 0 Å². The molecule has 0 spiro atoms. The summed E-state index contributed by atoms with van der Waals surface area (Å²) < 4.78 is 33.8. The van der Waals surface area contributed by atoms with Crippen LogP contribution in [0.15, 0.2) is 98.9 Å². The monoisotopic (exact) mass is 380 g/mol. The minimum atomic E-state index is -3.85. The van der Waals surface area contributed by atoms with Gasteiger partial charge in [0.15, 0.2) is 0 Å². The summed E-state index contributed by atoms with van der Waals surface area (Å²) in [5.41, 5.74) is 0.921. The van der Waals surface area contributed by atoms with Gasteiger partial charge in [0.25, 0.3) is 15.9 Å². The number of amides is 1. The van der Waals surface area contributed by atoms with Gasteiger partial charge >= 0.3 is 0 Å². The Morgan fingerprint density at radius 3 is 2.19 bits per heavy atom. The highest BCUT2D eigenvalue weighted by atomic mass is 32.2. The van der Waals surface area contributed by atoms with E-state index in [1.54, 1.807) is 48.5 Å². The van der Waals surface area contributed by atoms with Crippen molar-refractivity contribution in [1.29, 1.82) is 0 Å². The van der Waals surface area contributed by atoms with E-state index in [-0.39, 0.29) is 16.4 Å². The van der Waals surface area contributed by atoms with Crippen LogP contribution in [-0.2, 0) is 14.8 Å². The molecule has 27 heavy (non-hydrogen) atoms. The van der Waals surface area contributed by atoms with Crippen LogP contribution < -0.4 is 0 Å². The van der Waals surface area contributed by atoms with Gasteiger partial charge < -0.3 is 4.74 Å². The Hall–Kier alpha value is -3.32. The first kappa shape index (κ1) is 18.5. The highest BCUT2D eigenvalue weighted by Gasteiger charge is 2.17. The SMILES string of the molecule is COC1=C/C(=N\S(=O)(=O)c2ccccc2)C=CC1=NC(=O)c1ccccc1. The minimum absolute atomic E-state index is 0.0944. The first-order chi connectivity index (χ1) is 13.0. The van der Waals surface area contributed by atoms with Gasteiger partial charge in [0.1, 0.15) is 11.5 Å². The van der Waals surface area contributed by atoms with Crippen molar-refractivity contribution in [3.63, 3.8) is 0 Å². The van der Waals surface area contributed by atoms with Crippen LogP contribution >= 0.6 is 0 Å². The topological polar surface area (TPSA) is 85.2 Å². The summed E-state index contributed by atoms with van der Waals surface area (Å²) in [4.78, 5) is 16.4. The fraction of sp³-hybridized carbons (Fsp3) is 0.0500. The molecule has 1 aliphatic rings. The summed E-state index contributed by atoms with van der Waals surface area (Å²) in [6.45, 7) is 0. The zero-order valence-electron chi connectivity index (χ0n) is 14.4. The second-order valence-corrected chi connectivity index (χ2v) is 7.12. The number of rotatable bonds is 4. The number of hydrogen-bond donors (Lipinski definition) is 0. The minimum Gasteiger partial charge on any atom is -0.494 e. The van der Waals surface area contributed by atoms with Gasteiger partial charge in [0, 0.05) is 11.6 Å². The number of aliphatic imine (C=N–C) groups is 1. The Morgan fingerprint density at radius 1 is 0.926 bits per heavy atom. The van der Waals surface area contributed by atoms with Gasteiger partial charge in [-0.3, -0.25) is 4.79 Å². The zero-order valence-corrected chi connectivity index (χ0v) is 15.3. The van der Waals surface area contributed by atoms with Crippen molar-refractivity contribution in [3.8, 4) is 0 Å². The van der Waals surface area contributed by atoms with E-state index in [1.807, 2.05) is 0 Å². The highest BCUT2D eigenvalue weighted by molar-refractivity contribution is 7.90. The van der Waals surface area contributed by atoms with E-state index in [0.29, 0.717) is 11.3 Å². The summed E-state index contributed by atoms with van der Waals surface area (Å²) in [7, 11) is -2.43. The fourth-order valence-electron chi connectivity index (χ4n) is 2.35.